The van der Waals surface area contributed by atoms with Gasteiger partial charge < -0.3 is 30.8 Å². The summed E-state index contributed by atoms with van der Waals surface area (Å²) in [5, 5.41) is 25.6. The van der Waals surface area contributed by atoms with Gasteiger partial charge in [-0.25, -0.2) is 0 Å². The van der Waals surface area contributed by atoms with Crippen LogP contribution >= 0.6 is 0 Å². The number of carboxylic acid groups (broad SMARTS) is 2. The molecule has 0 aliphatic carbocycles. The van der Waals surface area contributed by atoms with Crippen LogP contribution < -0.4 is 10.6 Å². The number of hydrogen-bond acceptors (Lipinski definition) is 4. The minimum atomic E-state index is -0.880. The third-order valence-corrected chi connectivity index (χ3v) is 10.7. The van der Waals surface area contributed by atoms with E-state index in [1.165, 1.54) is 11.8 Å². The molecule has 6 N–H and O–H groups in total. The number of carbonyl (C=O) groups is 4. The summed E-state index contributed by atoms with van der Waals surface area (Å²) in [4.78, 5) is 55.3. The Balaban J connectivity index is 1.51. The fourth-order valence-electron chi connectivity index (χ4n) is 6.93. The van der Waals surface area contributed by atoms with Gasteiger partial charge in [0.05, 0.1) is 12.0 Å². The number of H-pyrrole nitrogens is 2. The Morgan fingerprint density at radius 1 is 0.955 bits per heavy atom. The van der Waals surface area contributed by atoms with Crippen molar-refractivity contribution in [2.24, 2.45) is 11.8 Å². The predicted octanol–water partition coefficient (Wildman–Crippen LogP) is 3.27. The number of nitrogens with one attached hydrogen (secondary N) is 4. The molecule has 0 bridgehead atoms. The van der Waals surface area contributed by atoms with Crippen molar-refractivity contribution < 1.29 is 29.4 Å². The van der Waals surface area contributed by atoms with Crippen LogP contribution in [-0.4, -0.2) is 61.0 Å². The SMILES string of the molecule is CCC1=C(C)[C@@H](Cc2[nH]c(Cc3[nH]c(/C=C4\NC(=O)[C@H](C)[C@H]4[C@H]4C[SH+]4)c(C)c3CCC(=O)O)c(CCC(=O)O)c2C)NC1=O. The van der Waals surface area contributed by atoms with E-state index in [1.54, 1.807) is 0 Å². The molecule has 2 aromatic heterocycles. The first-order valence-corrected chi connectivity index (χ1v) is 16.6. The Labute approximate surface area is 261 Å². The largest absolute Gasteiger partial charge is 0.481 e. The first-order chi connectivity index (χ1) is 20.9. The van der Waals surface area contributed by atoms with Gasteiger partial charge in [0.25, 0.3) is 0 Å². The summed E-state index contributed by atoms with van der Waals surface area (Å²) in [5.74, 6) is -0.606. The monoisotopic (exact) mass is 623 g/mol. The summed E-state index contributed by atoms with van der Waals surface area (Å²) in [7, 11) is 0. The second-order valence-electron chi connectivity index (χ2n) is 12.4. The lowest BCUT2D eigenvalue weighted by Crippen LogP contribution is -2.30. The highest BCUT2D eigenvalue weighted by molar-refractivity contribution is 7.86. The lowest BCUT2D eigenvalue weighted by Gasteiger charge is -2.12. The second kappa shape index (κ2) is 12.7. The summed E-state index contributed by atoms with van der Waals surface area (Å²) in [6.45, 7) is 9.90. The van der Waals surface area contributed by atoms with Gasteiger partial charge in [0.2, 0.25) is 11.8 Å². The molecule has 10 nitrogen and oxygen atoms in total. The molecule has 0 radical (unpaired) electrons. The maximum absolute atomic E-state index is 12.6. The average Bonchev–Trinajstić information content (AvgIpc) is 3.53. The normalized spacial score (nSPS) is 23.9. The number of aromatic nitrogens is 2. The van der Waals surface area contributed by atoms with Gasteiger partial charge in [-0.15, -0.1) is 0 Å². The highest BCUT2D eigenvalue weighted by Crippen LogP contribution is 2.38. The minimum absolute atomic E-state index is 0.0169. The number of aliphatic carboxylic acids is 2. The molecule has 0 aromatic carbocycles. The standard InChI is InChI=1S/C33H42N4O6S/c1-6-19-15(2)24(36-33(19)43)11-22-16(3)20(7-9-29(38)39)25(34-22)13-26-21(8-10-30(40)41)17(4)23(35-26)12-27-31(28-14-44-28)18(5)32(42)37-27/h12,18,24,28,31,34-35H,6-11,13-14H2,1-5H3,(H,36,43)(H,37,42)(H,38,39)(H,40,41)/p+1/b27-12-/t18-,24-,28-,31-/m1/s1. The van der Waals surface area contributed by atoms with Crippen LogP contribution in [0.3, 0.4) is 0 Å². The number of hydrogen-bond donors (Lipinski definition) is 6. The number of aromatic amines is 2. The third kappa shape index (κ3) is 6.38. The van der Waals surface area contributed by atoms with Crippen molar-refractivity contribution >= 4 is 41.6 Å². The zero-order valence-corrected chi connectivity index (χ0v) is 26.9. The van der Waals surface area contributed by atoms with Crippen LogP contribution in [0.1, 0.15) is 85.1 Å². The highest BCUT2D eigenvalue weighted by atomic mass is 32.2. The molecular weight excluding hydrogens is 580 g/mol. The Kier molecular flexibility index (Phi) is 9.15. The van der Waals surface area contributed by atoms with Crippen molar-refractivity contribution in [3.8, 4) is 0 Å². The average molecular weight is 624 g/mol. The van der Waals surface area contributed by atoms with E-state index in [4.69, 9.17) is 0 Å². The van der Waals surface area contributed by atoms with Crippen molar-refractivity contribution in [2.45, 2.75) is 90.9 Å². The van der Waals surface area contributed by atoms with Gasteiger partial charge in [-0.1, -0.05) is 13.8 Å². The smallest absolute Gasteiger partial charge is 0.303 e. The Bertz CT molecular complexity index is 1580. The highest BCUT2D eigenvalue weighted by Gasteiger charge is 2.52. The van der Waals surface area contributed by atoms with E-state index in [-0.39, 0.29) is 42.5 Å². The van der Waals surface area contributed by atoms with Crippen LogP contribution in [-0.2, 0) is 56.6 Å². The molecule has 0 spiro atoms. The van der Waals surface area contributed by atoms with Crippen molar-refractivity contribution in [1.29, 1.82) is 0 Å². The molecule has 44 heavy (non-hydrogen) atoms. The quantitative estimate of drug-likeness (QED) is 0.114. The van der Waals surface area contributed by atoms with Gasteiger partial charge in [-0.05, 0) is 85.7 Å². The van der Waals surface area contributed by atoms with Gasteiger partial charge in [0.15, 0.2) is 11.0 Å². The van der Waals surface area contributed by atoms with E-state index >= 15 is 0 Å². The number of amides is 2. The molecule has 0 unspecified atom stereocenters. The molecule has 236 valence electrons. The van der Waals surface area contributed by atoms with Gasteiger partial charge >= 0.3 is 11.9 Å². The molecule has 3 aliphatic rings. The van der Waals surface area contributed by atoms with E-state index in [2.05, 4.69) is 20.6 Å². The predicted molar refractivity (Wildman–Crippen MR) is 171 cm³/mol. The zero-order chi connectivity index (χ0) is 31.9. The lowest BCUT2D eigenvalue weighted by atomic mass is 9.91. The van der Waals surface area contributed by atoms with Crippen molar-refractivity contribution in [1.82, 2.24) is 20.6 Å². The number of thiol groups is 1. The third-order valence-electron chi connectivity index (χ3n) is 9.64. The first-order valence-electron chi connectivity index (χ1n) is 15.4. The van der Waals surface area contributed by atoms with Crippen molar-refractivity contribution in [3.63, 3.8) is 0 Å². The van der Waals surface area contributed by atoms with Crippen molar-refractivity contribution in [3.05, 3.63) is 61.9 Å². The van der Waals surface area contributed by atoms with E-state index in [1.807, 2.05) is 40.7 Å². The van der Waals surface area contributed by atoms with Crippen LogP contribution in [0.5, 0.6) is 0 Å². The van der Waals surface area contributed by atoms with Crippen LogP contribution in [0.2, 0.25) is 0 Å². The van der Waals surface area contributed by atoms with Crippen LogP contribution in [0, 0.1) is 25.7 Å². The molecule has 2 fully saturated rings. The molecule has 2 aromatic rings. The number of allylic oxidation sites excluding steroid dienone is 1. The molecule has 11 heteroatoms. The summed E-state index contributed by atoms with van der Waals surface area (Å²) < 4.78 is 0. The van der Waals surface area contributed by atoms with Crippen LogP contribution in [0.4, 0.5) is 0 Å². The Morgan fingerprint density at radius 2 is 1.57 bits per heavy atom. The zero-order valence-electron chi connectivity index (χ0n) is 26.0. The topological polar surface area (TPSA) is 164 Å². The molecular formula is C33H43N4O6S+. The summed E-state index contributed by atoms with van der Waals surface area (Å²) >= 11 is 1.36. The van der Waals surface area contributed by atoms with E-state index in [9.17, 15) is 29.4 Å². The minimum Gasteiger partial charge on any atom is -0.481 e. The van der Waals surface area contributed by atoms with E-state index in [0.717, 1.165) is 67.6 Å². The van der Waals surface area contributed by atoms with Gasteiger partial charge in [0.1, 0.15) is 0 Å². The van der Waals surface area contributed by atoms with Gasteiger partial charge in [0, 0.05) is 65.6 Å². The van der Waals surface area contributed by atoms with E-state index < -0.39 is 11.9 Å². The first kappa shape index (κ1) is 31.7. The van der Waals surface area contributed by atoms with Crippen LogP contribution in [0.25, 0.3) is 6.08 Å². The maximum atomic E-state index is 12.6. The van der Waals surface area contributed by atoms with Gasteiger partial charge in [-0.3, -0.25) is 19.2 Å². The Morgan fingerprint density at radius 3 is 2.14 bits per heavy atom. The lowest BCUT2D eigenvalue weighted by molar-refractivity contribution is -0.138. The molecule has 5 rings (SSSR count). The molecule has 4 atom stereocenters. The maximum Gasteiger partial charge on any atom is 0.303 e. The van der Waals surface area contributed by atoms with Crippen molar-refractivity contribution in [2.75, 3.05) is 5.75 Å². The summed E-state index contributed by atoms with van der Waals surface area (Å²) in [6, 6.07) is -0.130. The summed E-state index contributed by atoms with van der Waals surface area (Å²) in [5.41, 5.74) is 10.1. The van der Waals surface area contributed by atoms with E-state index in [0.29, 0.717) is 37.4 Å². The molecule has 3 aliphatic heterocycles. The number of carbonyl (C=O) groups excluding carboxylic acids is 2. The summed E-state index contributed by atoms with van der Waals surface area (Å²) in [6.07, 6.45) is 4.35. The second-order valence-corrected chi connectivity index (χ2v) is 13.7. The fraction of sp³-hybridized carbons (Fsp3) is 0.515. The molecule has 5 heterocycles. The Hall–Kier alpha value is -3.73. The number of carboxylic acids is 2. The molecule has 0 saturated carbocycles. The number of rotatable bonds is 13. The molecule has 2 amide bonds. The molecule has 2 saturated heterocycles. The fourth-order valence-corrected chi connectivity index (χ4v) is 7.92. The van der Waals surface area contributed by atoms with Gasteiger partial charge in [-0.2, -0.15) is 0 Å². The van der Waals surface area contributed by atoms with Crippen LogP contribution in [0.15, 0.2) is 16.8 Å².